The predicted molar refractivity (Wildman–Crippen MR) is 85.4 cm³/mol. The molecule has 0 saturated heterocycles. The zero-order valence-electron chi connectivity index (χ0n) is 11.1. The minimum atomic E-state index is 0.135. The SMILES string of the molecule is NC(Cc1cc(Cl)ccc1Cl)C1CC1c1ccccc1. The van der Waals surface area contributed by atoms with Crippen molar-refractivity contribution >= 4 is 23.2 Å². The van der Waals surface area contributed by atoms with Crippen LogP contribution in [0.25, 0.3) is 0 Å². The lowest BCUT2D eigenvalue weighted by Gasteiger charge is -2.13. The molecule has 1 saturated carbocycles. The number of benzene rings is 2. The Kier molecular flexibility index (Phi) is 4.02. The van der Waals surface area contributed by atoms with Crippen LogP contribution < -0.4 is 5.73 Å². The Morgan fingerprint density at radius 1 is 1.10 bits per heavy atom. The minimum absolute atomic E-state index is 0.135. The third kappa shape index (κ3) is 3.01. The fourth-order valence-electron chi connectivity index (χ4n) is 2.88. The highest BCUT2D eigenvalue weighted by Crippen LogP contribution is 2.49. The lowest BCUT2D eigenvalue weighted by molar-refractivity contribution is 0.578. The Morgan fingerprint density at radius 3 is 2.60 bits per heavy atom. The molecular weight excluding hydrogens is 289 g/mol. The Bertz CT molecular complexity index is 597. The minimum Gasteiger partial charge on any atom is -0.327 e. The molecule has 3 heteroatoms. The Morgan fingerprint density at radius 2 is 1.85 bits per heavy atom. The van der Waals surface area contributed by atoms with Gasteiger partial charge in [-0.2, -0.15) is 0 Å². The van der Waals surface area contributed by atoms with Crippen molar-refractivity contribution in [3.05, 3.63) is 69.7 Å². The molecule has 104 valence electrons. The normalized spacial score (nSPS) is 22.6. The zero-order chi connectivity index (χ0) is 14.1. The zero-order valence-corrected chi connectivity index (χ0v) is 12.6. The lowest BCUT2D eigenvalue weighted by atomic mass is 9.99. The first-order valence-electron chi connectivity index (χ1n) is 6.89. The van der Waals surface area contributed by atoms with E-state index in [2.05, 4.69) is 24.3 Å². The number of hydrogen-bond acceptors (Lipinski definition) is 1. The number of halogens is 2. The molecule has 0 bridgehead atoms. The van der Waals surface area contributed by atoms with Gasteiger partial charge in [0.25, 0.3) is 0 Å². The quantitative estimate of drug-likeness (QED) is 0.873. The van der Waals surface area contributed by atoms with Crippen LogP contribution in [0.3, 0.4) is 0 Å². The molecule has 0 heterocycles. The molecule has 3 unspecified atom stereocenters. The van der Waals surface area contributed by atoms with E-state index in [9.17, 15) is 0 Å². The first-order valence-corrected chi connectivity index (χ1v) is 7.65. The molecule has 2 aromatic rings. The van der Waals surface area contributed by atoms with Crippen molar-refractivity contribution in [1.82, 2.24) is 0 Å². The molecule has 0 radical (unpaired) electrons. The first kappa shape index (κ1) is 13.9. The maximum Gasteiger partial charge on any atom is 0.0439 e. The number of nitrogens with two attached hydrogens (primary N) is 1. The second kappa shape index (κ2) is 5.77. The van der Waals surface area contributed by atoms with E-state index >= 15 is 0 Å². The van der Waals surface area contributed by atoms with Gasteiger partial charge in [-0.1, -0.05) is 53.5 Å². The smallest absolute Gasteiger partial charge is 0.0439 e. The number of hydrogen-bond donors (Lipinski definition) is 1. The summed E-state index contributed by atoms with van der Waals surface area (Å²) in [4.78, 5) is 0. The molecule has 2 aromatic carbocycles. The summed E-state index contributed by atoms with van der Waals surface area (Å²) in [6.45, 7) is 0. The summed E-state index contributed by atoms with van der Waals surface area (Å²) < 4.78 is 0. The van der Waals surface area contributed by atoms with E-state index in [0.717, 1.165) is 17.0 Å². The van der Waals surface area contributed by atoms with E-state index in [1.807, 2.05) is 24.3 Å². The van der Waals surface area contributed by atoms with Crippen molar-refractivity contribution in [2.24, 2.45) is 11.7 Å². The highest BCUT2D eigenvalue weighted by atomic mass is 35.5. The van der Waals surface area contributed by atoms with Crippen LogP contribution >= 0.6 is 23.2 Å². The number of rotatable bonds is 4. The van der Waals surface area contributed by atoms with Gasteiger partial charge in [0.1, 0.15) is 0 Å². The maximum atomic E-state index is 6.36. The van der Waals surface area contributed by atoms with Crippen LogP contribution in [0.1, 0.15) is 23.5 Å². The summed E-state index contributed by atoms with van der Waals surface area (Å²) >= 11 is 12.2. The maximum absolute atomic E-state index is 6.36. The van der Waals surface area contributed by atoms with Gasteiger partial charge in [-0.05, 0) is 54.0 Å². The van der Waals surface area contributed by atoms with Gasteiger partial charge < -0.3 is 5.73 Å². The van der Waals surface area contributed by atoms with Crippen molar-refractivity contribution in [3.8, 4) is 0 Å². The fourth-order valence-corrected chi connectivity index (χ4v) is 3.27. The summed E-state index contributed by atoms with van der Waals surface area (Å²) in [6, 6.07) is 16.3. The van der Waals surface area contributed by atoms with Crippen LogP contribution in [0.2, 0.25) is 10.0 Å². The second-order valence-electron chi connectivity index (χ2n) is 5.52. The standard InChI is InChI=1S/C17H17Cl2N/c18-13-6-7-16(19)12(8-13)9-17(20)15-10-14(15)11-4-2-1-3-5-11/h1-8,14-15,17H,9-10,20H2. The van der Waals surface area contributed by atoms with Crippen molar-refractivity contribution in [1.29, 1.82) is 0 Å². The van der Waals surface area contributed by atoms with Crippen LogP contribution in [0.15, 0.2) is 48.5 Å². The van der Waals surface area contributed by atoms with Gasteiger partial charge in [-0.15, -0.1) is 0 Å². The molecule has 0 aliphatic heterocycles. The third-order valence-electron chi connectivity index (χ3n) is 4.08. The van der Waals surface area contributed by atoms with Gasteiger partial charge >= 0.3 is 0 Å². The summed E-state index contributed by atoms with van der Waals surface area (Å²) in [5, 5.41) is 1.47. The Hall–Kier alpha value is -1.02. The van der Waals surface area contributed by atoms with Crippen molar-refractivity contribution in [2.75, 3.05) is 0 Å². The van der Waals surface area contributed by atoms with Gasteiger partial charge in [-0.3, -0.25) is 0 Å². The summed E-state index contributed by atoms with van der Waals surface area (Å²) in [7, 11) is 0. The van der Waals surface area contributed by atoms with Gasteiger partial charge in [0, 0.05) is 16.1 Å². The Balaban J connectivity index is 1.67. The van der Waals surface area contributed by atoms with Crippen LogP contribution in [0.5, 0.6) is 0 Å². The molecule has 3 rings (SSSR count). The van der Waals surface area contributed by atoms with Gasteiger partial charge in [0.05, 0.1) is 0 Å². The van der Waals surface area contributed by atoms with Crippen molar-refractivity contribution < 1.29 is 0 Å². The molecular formula is C17H17Cl2N. The fraction of sp³-hybridized carbons (Fsp3) is 0.294. The molecule has 1 nitrogen and oxygen atoms in total. The molecule has 0 spiro atoms. The van der Waals surface area contributed by atoms with Gasteiger partial charge in [-0.25, -0.2) is 0 Å². The van der Waals surface area contributed by atoms with E-state index in [0.29, 0.717) is 16.9 Å². The molecule has 1 fully saturated rings. The average Bonchev–Trinajstić information content (AvgIpc) is 3.24. The first-order chi connectivity index (χ1) is 9.65. The second-order valence-corrected chi connectivity index (χ2v) is 6.36. The van der Waals surface area contributed by atoms with Gasteiger partial charge in [0.2, 0.25) is 0 Å². The summed E-state index contributed by atoms with van der Waals surface area (Å²) in [5.74, 6) is 1.15. The molecule has 2 N–H and O–H groups in total. The largest absolute Gasteiger partial charge is 0.327 e. The topological polar surface area (TPSA) is 26.0 Å². The molecule has 1 aliphatic rings. The molecule has 1 aliphatic carbocycles. The highest BCUT2D eigenvalue weighted by molar-refractivity contribution is 6.33. The molecule has 20 heavy (non-hydrogen) atoms. The van der Waals surface area contributed by atoms with E-state index in [-0.39, 0.29) is 6.04 Å². The van der Waals surface area contributed by atoms with Crippen LogP contribution in [0, 0.1) is 5.92 Å². The van der Waals surface area contributed by atoms with Crippen LogP contribution in [0.4, 0.5) is 0 Å². The molecule has 3 atom stereocenters. The van der Waals surface area contributed by atoms with Crippen LogP contribution in [-0.2, 0) is 6.42 Å². The lowest BCUT2D eigenvalue weighted by Crippen LogP contribution is -2.26. The predicted octanol–water partition coefficient (Wildman–Crippen LogP) is 4.67. The third-order valence-corrected chi connectivity index (χ3v) is 4.68. The van der Waals surface area contributed by atoms with E-state index in [4.69, 9.17) is 28.9 Å². The molecule has 0 amide bonds. The van der Waals surface area contributed by atoms with Crippen LogP contribution in [-0.4, -0.2) is 6.04 Å². The van der Waals surface area contributed by atoms with Crippen molar-refractivity contribution in [3.63, 3.8) is 0 Å². The van der Waals surface area contributed by atoms with E-state index in [1.54, 1.807) is 0 Å². The van der Waals surface area contributed by atoms with Gasteiger partial charge in [0.15, 0.2) is 0 Å². The average molecular weight is 306 g/mol. The monoisotopic (exact) mass is 305 g/mol. The summed E-state index contributed by atoms with van der Waals surface area (Å²) in [6.07, 6.45) is 1.96. The van der Waals surface area contributed by atoms with E-state index in [1.165, 1.54) is 12.0 Å². The summed E-state index contributed by atoms with van der Waals surface area (Å²) in [5.41, 5.74) is 8.80. The highest BCUT2D eigenvalue weighted by Gasteiger charge is 2.42. The Labute approximate surface area is 129 Å². The van der Waals surface area contributed by atoms with E-state index < -0.39 is 0 Å². The molecule has 0 aromatic heterocycles. The van der Waals surface area contributed by atoms with Crippen molar-refractivity contribution in [2.45, 2.75) is 24.8 Å².